The first-order valence-electron chi connectivity index (χ1n) is 12.0. The van der Waals surface area contributed by atoms with E-state index in [0.29, 0.717) is 33.4 Å². The van der Waals surface area contributed by atoms with Crippen LogP contribution in [0.15, 0.2) is 73.3 Å². The van der Waals surface area contributed by atoms with Gasteiger partial charge in [-0.3, -0.25) is 0 Å². The Morgan fingerprint density at radius 2 is 0.902 bits per heavy atom. The third-order valence-corrected chi connectivity index (χ3v) is 6.50. The molecule has 0 aliphatic heterocycles. The van der Waals surface area contributed by atoms with Gasteiger partial charge in [-0.1, -0.05) is 36.4 Å². The van der Waals surface area contributed by atoms with Crippen molar-refractivity contribution in [2.45, 2.75) is 0 Å². The summed E-state index contributed by atoms with van der Waals surface area (Å²) in [5, 5.41) is 21.6. The van der Waals surface area contributed by atoms with Gasteiger partial charge in [-0.15, -0.1) is 0 Å². The third-order valence-electron chi connectivity index (χ3n) is 6.50. The normalized spacial score (nSPS) is 11.1. The van der Waals surface area contributed by atoms with E-state index in [0.717, 1.165) is 32.6 Å². The van der Waals surface area contributed by atoms with Crippen LogP contribution in [0.4, 0.5) is 0 Å². The van der Waals surface area contributed by atoms with Gasteiger partial charge in [0.25, 0.3) is 0 Å². The molecule has 0 spiro atoms. The fourth-order valence-corrected chi connectivity index (χ4v) is 4.59. The van der Waals surface area contributed by atoms with Gasteiger partial charge >= 0.3 is 29.0 Å². The molecule has 12 nitrogen and oxygen atoms in total. The van der Waals surface area contributed by atoms with Crippen molar-refractivity contribution in [1.29, 1.82) is 0 Å². The number of pyridine rings is 4. The van der Waals surface area contributed by atoms with Crippen molar-refractivity contribution in [2.24, 2.45) is 0 Å². The minimum atomic E-state index is -1.05. The monoisotopic (exact) mass is 584 g/mol. The van der Waals surface area contributed by atoms with E-state index in [1.165, 1.54) is 12.1 Å². The second-order valence-corrected chi connectivity index (χ2v) is 8.95. The van der Waals surface area contributed by atoms with Crippen molar-refractivity contribution in [3.63, 3.8) is 0 Å². The number of carboxylic acid groups (broad SMARTS) is 2. The summed E-state index contributed by atoms with van der Waals surface area (Å²) in [4.78, 5) is 53.7. The van der Waals surface area contributed by atoms with Gasteiger partial charge in [-0.05, 0) is 24.3 Å². The number of carbonyl (C=O) groups is 2. The van der Waals surface area contributed by atoms with E-state index in [-0.39, 0.29) is 28.5 Å². The molecule has 0 aliphatic carbocycles. The smallest absolute Gasteiger partial charge is 0.477 e. The van der Waals surface area contributed by atoms with Gasteiger partial charge in [0.2, 0.25) is 0 Å². The van der Waals surface area contributed by atoms with Crippen LogP contribution in [0.25, 0.3) is 65.9 Å². The molecule has 0 atom stereocenters. The number of benzene rings is 2. The second kappa shape index (κ2) is 9.90. The van der Waals surface area contributed by atoms with Crippen molar-refractivity contribution < 1.29 is 36.9 Å². The first-order chi connectivity index (χ1) is 19.4. The second-order valence-electron chi connectivity index (χ2n) is 8.95. The summed E-state index contributed by atoms with van der Waals surface area (Å²) in [6.45, 7) is 0. The number of rotatable bonds is 2. The average molecular weight is 584 g/mol. The topological polar surface area (TPSA) is 184 Å². The summed E-state index contributed by atoms with van der Waals surface area (Å²) in [6, 6.07) is 18.0. The molecule has 0 aliphatic rings. The number of nitrogens with one attached hydrogen (secondary N) is 2. The molecule has 6 aromatic heterocycles. The Hall–Kier alpha value is -5.52. The molecule has 4 N–H and O–H groups in total. The molecule has 6 heterocycles. The Morgan fingerprint density at radius 3 is 1.32 bits per heavy atom. The number of nitrogens with zero attached hydrogens (tertiary/aromatic N) is 6. The Balaban J connectivity index is 0.000000144. The standard InChI is InChI=1S/2C14H8N4O2.Fe/c2*19-14(20)9-4-3-7-1-2-8-5-10-13(16-6-15-10)18-12(8)11(7)17-9;/h2*1-6H,(H,19,20)(H,15,16,18);/q;;+2. The molecule has 8 aromatic rings. The zero-order valence-electron chi connectivity index (χ0n) is 20.7. The summed E-state index contributed by atoms with van der Waals surface area (Å²) in [6.07, 6.45) is 3.16. The van der Waals surface area contributed by atoms with Gasteiger partial charge in [-0.2, -0.15) is 0 Å². The van der Waals surface area contributed by atoms with Crippen molar-refractivity contribution in [2.75, 3.05) is 0 Å². The van der Waals surface area contributed by atoms with E-state index in [1.807, 2.05) is 36.4 Å². The van der Waals surface area contributed by atoms with E-state index in [2.05, 4.69) is 39.9 Å². The SMILES string of the molecule is O=C(O)c1ccc2ccc3cc4[nH]cnc4nc3c2n1.O=C(O)c1ccc2ccc3cc4[nH]cnc4nc3c2n1.[Fe+2]. The number of carboxylic acids is 2. The van der Waals surface area contributed by atoms with E-state index in [9.17, 15) is 9.59 Å². The Bertz CT molecular complexity index is 2150. The van der Waals surface area contributed by atoms with Crippen LogP contribution in [0, 0.1) is 0 Å². The molecule has 198 valence electrons. The minimum Gasteiger partial charge on any atom is -0.477 e. The molecule has 13 heteroatoms. The number of hydrogen-bond donors (Lipinski definition) is 4. The van der Waals surface area contributed by atoms with E-state index >= 15 is 0 Å². The van der Waals surface area contributed by atoms with E-state index in [1.54, 1.807) is 24.8 Å². The zero-order chi connectivity index (χ0) is 27.4. The summed E-state index contributed by atoms with van der Waals surface area (Å²) >= 11 is 0. The van der Waals surface area contributed by atoms with Gasteiger partial charge in [0.05, 0.1) is 45.8 Å². The van der Waals surface area contributed by atoms with Crippen LogP contribution >= 0.6 is 0 Å². The van der Waals surface area contributed by atoms with Gasteiger partial charge in [0.1, 0.15) is 11.4 Å². The number of H-pyrrole nitrogens is 2. The zero-order valence-corrected chi connectivity index (χ0v) is 21.8. The van der Waals surface area contributed by atoms with Crippen molar-refractivity contribution in [3.8, 4) is 0 Å². The predicted octanol–water partition coefficient (Wildman–Crippen LogP) is 4.71. The summed E-state index contributed by atoms with van der Waals surface area (Å²) in [5.41, 5.74) is 5.34. The third kappa shape index (κ3) is 4.44. The molecule has 0 radical (unpaired) electrons. The molecule has 0 bridgehead atoms. The van der Waals surface area contributed by atoms with Crippen molar-refractivity contribution in [1.82, 2.24) is 39.9 Å². The summed E-state index contributed by atoms with van der Waals surface area (Å²) in [5.74, 6) is -2.10. The van der Waals surface area contributed by atoms with Crippen LogP contribution in [-0.2, 0) is 17.1 Å². The molecule has 41 heavy (non-hydrogen) atoms. The maximum absolute atomic E-state index is 11.1. The van der Waals surface area contributed by atoms with Gasteiger partial charge in [0.15, 0.2) is 11.3 Å². The van der Waals surface area contributed by atoms with E-state index in [4.69, 9.17) is 10.2 Å². The number of imidazole rings is 2. The molecule has 0 saturated carbocycles. The first kappa shape index (κ1) is 25.7. The molecular formula is C28H16FeN8O4+2. The van der Waals surface area contributed by atoms with Crippen LogP contribution in [0.2, 0.25) is 0 Å². The van der Waals surface area contributed by atoms with Crippen LogP contribution in [0.3, 0.4) is 0 Å². The number of aromatic amines is 2. The number of aromatic nitrogens is 8. The van der Waals surface area contributed by atoms with Gasteiger partial charge < -0.3 is 20.2 Å². The maximum Gasteiger partial charge on any atom is 2.00 e. The Labute approximate surface area is 239 Å². The predicted molar refractivity (Wildman–Crippen MR) is 147 cm³/mol. The fraction of sp³-hybridized carbons (Fsp3) is 0. The molecule has 0 fully saturated rings. The van der Waals surface area contributed by atoms with Crippen LogP contribution in [-0.4, -0.2) is 62.0 Å². The van der Waals surface area contributed by atoms with E-state index < -0.39 is 11.9 Å². The quantitative estimate of drug-likeness (QED) is 0.164. The van der Waals surface area contributed by atoms with Crippen LogP contribution < -0.4 is 0 Å². The number of hydrogen-bond acceptors (Lipinski definition) is 8. The number of fused-ring (bicyclic) bond motifs is 8. The van der Waals surface area contributed by atoms with Gasteiger partial charge in [0, 0.05) is 21.5 Å². The first-order valence-corrected chi connectivity index (χ1v) is 12.0. The Morgan fingerprint density at radius 1 is 0.537 bits per heavy atom. The summed E-state index contributed by atoms with van der Waals surface area (Å²) < 4.78 is 0. The molecule has 2 aromatic carbocycles. The van der Waals surface area contributed by atoms with Crippen molar-refractivity contribution >= 4 is 77.9 Å². The number of aromatic carboxylic acids is 2. The average Bonchev–Trinajstić information content (AvgIpc) is 3.63. The molecular weight excluding hydrogens is 568 g/mol. The van der Waals surface area contributed by atoms with Gasteiger partial charge in [-0.25, -0.2) is 39.5 Å². The molecule has 8 rings (SSSR count). The largest absolute Gasteiger partial charge is 2.00 e. The molecule has 0 saturated heterocycles. The molecule has 0 amide bonds. The van der Waals surface area contributed by atoms with Crippen LogP contribution in [0.5, 0.6) is 0 Å². The van der Waals surface area contributed by atoms with Crippen LogP contribution in [0.1, 0.15) is 21.0 Å². The maximum atomic E-state index is 11.1. The summed E-state index contributed by atoms with van der Waals surface area (Å²) in [7, 11) is 0. The molecule has 0 unspecified atom stereocenters. The Kier molecular flexibility index (Phi) is 6.22. The fourth-order valence-electron chi connectivity index (χ4n) is 4.59. The minimum absolute atomic E-state index is 0. The van der Waals surface area contributed by atoms with Crippen molar-refractivity contribution in [3.05, 3.63) is 84.7 Å².